The van der Waals surface area contributed by atoms with Crippen molar-refractivity contribution < 1.29 is 17.2 Å². The van der Waals surface area contributed by atoms with Gasteiger partial charge in [0.25, 0.3) is 0 Å². The van der Waals surface area contributed by atoms with E-state index in [1.165, 1.54) is 0 Å². The van der Waals surface area contributed by atoms with Gasteiger partial charge in [-0.15, -0.1) is 0 Å². The molecule has 0 heterocycles. The molecule has 0 bridgehead atoms. The molecule has 0 aromatic rings. The molecule has 0 radical (unpaired) electrons. The van der Waals surface area contributed by atoms with E-state index in [9.17, 15) is 9.59 Å². The van der Waals surface area contributed by atoms with Gasteiger partial charge in [-0.1, -0.05) is 13.3 Å². The Morgan fingerprint density at radius 3 is 2.70 bits per heavy atom. The van der Waals surface area contributed by atoms with Crippen LogP contribution in [0.15, 0.2) is 0 Å². The molecule has 0 rings (SSSR count). The van der Waals surface area contributed by atoms with Crippen molar-refractivity contribution in [2.45, 2.75) is 26.2 Å². The van der Waals surface area contributed by atoms with Crippen LogP contribution in [0.3, 0.4) is 0 Å². The van der Waals surface area contributed by atoms with Crippen LogP contribution in [0.4, 0.5) is 0 Å². The summed E-state index contributed by atoms with van der Waals surface area (Å²) in [6.45, 7) is 2.13. The van der Waals surface area contributed by atoms with Crippen molar-refractivity contribution in [1.29, 1.82) is 0 Å². The first kappa shape index (κ1) is 13.2. The summed E-state index contributed by atoms with van der Waals surface area (Å²) >= 11 is 0. The summed E-state index contributed by atoms with van der Waals surface area (Å²) in [4.78, 5) is 19.9. The second-order valence-corrected chi connectivity index (χ2v) is 1.69. The third-order valence-corrected chi connectivity index (χ3v) is 0.914. The summed E-state index contributed by atoms with van der Waals surface area (Å²) in [6, 6.07) is 0. The summed E-state index contributed by atoms with van der Waals surface area (Å²) < 4.78 is 4.02. The van der Waals surface area contributed by atoms with E-state index in [4.69, 9.17) is 0 Å². The molecule has 0 aromatic carbocycles. The van der Waals surface area contributed by atoms with Crippen LogP contribution >= 0.6 is 0 Å². The third-order valence-electron chi connectivity index (χ3n) is 0.914. The van der Waals surface area contributed by atoms with Gasteiger partial charge in [0.05, 0.1) is 0 Å². The minimum atomic E-state index is -0.438. The number of carbonyl (C=O) groups excluding carboxylic acids is 2. The summed E-state index contributed by atoms with van der Waals surface area (Å²) in [5.74, 6) is -0.438. The van der Waals surface area contributed by atoms with E-state index in [0.717, 1.165) is 12.8 Å². The van der Waals surface area contributed by atoms with E-state index in [1.54, 1.807) is 0 Å². The number of ether oxygens (including phenoxy) is 1. The number of carbonyl (C=O) groups is 2. The monoisotopic (exact) mass is 220 g/mol. The predicted molar refractivity (Wildman–Crippen MR) is 39.7 cm³/mol. The van der Waals surface area contributed by atoms with Gasteiger partial charge in [-0.25, -0.2) is 0 Å². The fraction of sp³-hybridized carbons (Fsp3) is 0.667. The quantitative estimate of drug-likeness (QED) is 0.303. The Bertz CT molecular complexity index is 111. The fourth-order valence-electron chi connectivity index (χ4n) is 0.434. The minimum absolute atomic E-state index is 0. The number of unbranched alkanes of at least 4 members (excludes halogenated alkanes) is 1. The molecule has 10 heavy (non-hydrogen) atoms. The van der Waals surface area contributed by atoms with E-state index in [-0.39, 0.29) is 54.8 Å². The number of esters is 1. The normalized spacial score (nSPS) is 7.70. The number of rotatable bonds is 4. The van der Waals surface area contributed by atoms with Gasteiger partial charge in [-0.2, -0.15) is 0 Å². The van der Waals surface area contributed by atoms with E-state index < -0.39 is 5.97 Å². The van der Waals surface area contributed by atoms with E-state index in [0.29, 0.717) is 6.42 Å². The Morgan fingerprint density at radius 1 is 1.70 bits per heavy atom. The van der Waals surface area contributed by atoms with E-state index in [1.807, 2.05) is 6.92 Å². The van der Waals surface area contributed by atoms with Crippen LogP contribution in [-0.4, -0.2) is 57.9 Å². The van der Waals surface area contributed by atoms with Crippen molar-refractivity contribution in [3.8, 4) is 0 Å². The van der Waals surface area contributed by atoms with Gasteiger partial charge in [-0.05, 0) is 6.42 Å². The molecule has 0 atom stereocenters. The largest absolute Gasteiger partial charge is 2.00 e. The fourth-order valence-corrected chi connectivity index (χ4v) is 0.434. The van der Waals surface area contributed by atoms with Gasteiger partial charge in [-0.3, -0.25) is 9.59 Å². The van der Waals surface area contributed by atoms with Crippen LogP contribution in [0, 0.1) is 0 Å². The average molecular weight is 220 g/mol. The zero-order valence-electron chi connectivity index (χ0n) is 8.13. The Kier molecular flexibility index (Phi) is 12.7. The van der Waals surface area contributed by atoms with Crippen LogP contribution in [0.5, 0.6) is 0 Å². The average Bonchev–Trinajstić information content (AvgIpc) is 1.85. The first-order valence-corrected chi connectivity index (χ1v) is 2.94. The zero-order valence-corrected chi connectivity index (χ0v) is 9.61. The van der Waals surface area contributed by atoms with Crippen LogP contribution in [-0.2, 0) is 14.3 Å². The van der Waals surface area contributed by atoms with Gasteiger partial charge in [0.1, 0.15) is 0 Å². The molecule has 0 N–H and O–H groups in total. The molecule has 3 nitrogen and oxygen atoms in total. The SMILES string of the molecule is CCCCC(=O)OC=O.[H-].[H-].[Sr+2]. The first-order chi connectivity index (χ1) is 4.31. The topological polar surface area (TPSA) is 43.4 Å². The molecule has 56 valence electrons. The molecular weight excluding hydrogens is 208 g/mol. The first-order valence-electron chi connectivity index (χ1n) is 2.94. The number of hydrogen-bond donors (Lipinski definition) is 0. The van der Waals surface area contributed by atoms with Crippen molar-refractivity contribution in [2.75, 3.05) is 0 Å². The Labute approximate surface area is 100 Å². The third kappa shape index (κ3) is 8.62. The summed E-state index contributed by atoms with van der Waals surface area (Å²) in [5, 5.41) is 0. The molecule has 0 fully saturated rings. The van der Waals surface area contributed by atoms with Crippen LogP contribution in [0.1, 0.15) is 29.0 Å². The molecule has 0 aliphatic carbocycles. The summed E-state index contributed by atoms with van der Waals surface area (Å²) in [6.07, 6.45) is 2.07. The molecule has 0 unspecified atom stereocenters. The van der Waals surface area contributed by atoms with Gasteiger partial charge in [0.2, 0.25) is 0 Å². The molecule has 0 saturated heterocycles. The van der Waals surface area contributed by atoms with Crippen molar-refractivity contribution in [3.63, 3.8) is 0 Å². The maximum absolute atomic E-state index is 10.3. The van der Waals surface area contributed by atoms with Crippen molar-refractivity contribution in [1.82, 2.24) is 0 Å². The van der Waals surface area contributed by atoms with Crippen molar-refractivity contribution in [2.24, 2.45) is 0 Å². The zero-order chi connectivity index (χ0) is 7.11. The van der Waals surface area contributed by atoms with Crippen LogP contribution in [0.25, 0.3) is 0 Å². The Balaban J connectivity index is -0.000000107. The minimum Gasteiger partial charge on any atom is -1.00 e. The van der Waals surface area contributed by atoms with Gasteiger partial charge in [0, 0.05) is 6.42 Å². The van der Waals surface area contributed by atoms with Crippen LogP contribution in [0.2, 0.25) is 0 Å². The molecule has 4 heteroatoms. The van der Waals surface area contributed by atoms with Gasteiger partial charge in [0.15, 0.2) is 0 Å². The van der Waals surface area contributed by atoms with E-state index >= 15 is 0 Å². The van der Waals surface area contributed by atoms with Gasteiger partial charge < -0.3 is 7.59 Å². The summed E-state index contributed by atoms with van der Waals surface area (Å²) in [5.41, 5.74) is 0. The molecule has 0 spiro atoms. The van der Waals surface area contributed by atoms with Gasteiger partial charge >= 0.3 is 57.9 Å². The maximum atomic E-state index is 10.3. The molecule has 0 aliphatic rings. The molecular formula is C6H12O3Sr. The summed E-state index contributed by atoms with van der Waals surface area (Å²) in [7, 11) is 0. The molecule has 0 saturated carbocycles. The molecule has 0 aliphatic heterocycles. The Hall–Kier alpha value is 0.621. The second-order valence-electron chi connectivity index (χ2n) is 1.69. The maximum Gasteiger partial charge on any atom is 2.00 e. The predicted octanol–water partition coefficient (Wildman–Crippen LogP) is 0.720. The van der Waals surface area contributed by atoms with Crippen molar-refractivity contribution in [3.05, 3.63) is 0 Å². The molecule has 0 amide bonds. The number of hydrogen-bond acceptors (Lipinski definition) is 3. The molecule has 0 aromatic heterocycles. The van der Waals surface area contributed by atoms with Crippen LogP contribution < -0.4 is 0 Å². The van der Waals surface area contributed by atoms with E-state index in [2.05, 4.69) is 4.74 Å². The standard InChI is InChI=1S/C6H10O3.Sr.2H/c1-2-3-4-6(8)9-5-7;;;/h5H,2-4H2,1H3;;;/q;+2;2*-1. The second kappa shape index (κ2) is 9.62. The smallest absolute Gasteiger partial charge is 1.00 e. The Morgan fingerprint density at radius 2 is 2.30 bits per heavy atom. The van der Waals surface area contributed by atoms with Crippen molar-refractivity contribution >= 4 is 57.9 Å².